The van der Waals surface area contributed by atoms with Crippen LogP contribution in [0.15, 0.2) is 12.4 Å². The third-order valence-corrected chi connectivity index (χ3v) is 0.920. The van der Waals surface area contributed by atoms with Crippen LogP contribution in [0.25, 0.3) is 0 Å². The summed E-state index contributed by atoms with van der Waals surface area (Å²) in [4.78, 5) is 17.1. The van der Waals surface area contributed by atoms with Gasteiger partial charge in [0.05, 0.1) is 0 Å². The number of carbonyl (C=O) groups is 1. The molecule has 0 saturated heterocycles. The normalized spacial score (nSPS) is 9.20. The summed E-state index contributed by atoms with van der Waals surface area (Å²) in [5.74, 6) is -1.53. The standard InChI is InChI=1S/C5H4N3O2/c6-4-3(5(9)10)7-1-2-8-4/h1-2H,(H2,6,8). The quantitative estimate of drug-likeness (QED) is 0.573. The van der Waals surface area contributed by atoms with Crippen molar-refractivity contribution in [3.63, 3.8) is 0 Å². The molecule has 1 heterocycles. The Bertz CT molecular complexity index is 261. The molecule has 0 spiro atoms. The number of nitrogen functional groups attached to an aromatic ring is 1. The van der Waals surface area contributed by atoms with E-state index in [0.717, 1.165) is 0 Å². The van der Waals surface area contributed by atoms with Gasteiger partial charge in [-0.05, 0) is 0 Å². The fraction of sp³-hybridized carbons (Fsp3) is 0. The molecule has 0 bridgehead atoms. The number of hydrogen-bond acceptors (Lipinski definition) is 4. The zero-order valence-corrected chi connectivity index (χ0v) is 4.94. The van der Waals surface area contributed by atoms with Crippen molar-refractivity contribution >= 4 is 11.8 Å². The predicted molar refractivity (Wildman–Crippen MR) is 31.5 cm³/mol. The lowest BCUT2D eigenvalue weighted by Crippen LogP contribution is -2.05. The Morgan fingerprint density at radius 2 is 2.00 bits per heavy atom. The van der Waals surface area contributed by atoms with E-state index in [2.05, 4.69) is 9.97 Å². The van der Waals surface area contributed by atoms with Gasteiger partial charge in [-0.25, -0.2) is 19.9 Å². The molecule has 5 heteroatoms. The van der Waals surface area contributed by atoms with Gasteiger partial charge in [0.25, 0.3) is 0 Å². The average molecular weight is 138 g/mol. The molecular weight excluding hydrogens is 134 g/mol. The van der Waals surface area contributed by atoms with E-state index < -0.39 is 5.97 Å². The van der Waals surface area contributed by atoms with Crippen molar-refractivity contribution < 1.29 is 9.90 Å². The second-order valence-electron chi connectivity index (χ2n) is 1.58. The summed E-state index contributed by atoms with van der Waals surface area (Å²) in [6.45, 7) is 0. The summed E-state index contributed by atoms with van der Waals surface area (Å²) >= 11 is 0. The summed E-state index contributed by atoms with van der Waals surface area (Å²) < 4.78 is 0. The van der Waals surface area contributed by atoms with Crippen LogP contribution >= 0.6 is 0 Å². The first-order valence-corrected chi connectivity index (χ1v) is 2.49. The van der Waals surface area contributed by atoms with E-state index in [-0.39, 0.29) is 11.5 Å². The molecule has 0 aliphatic heterocycles. The van der Waals surface area contributed by atoms with E-state index in [1.807, 2.05) is 0 Å². The van der Waals surface area contributed by atoms with Gasteiger partial charge in [0.1, 0.15) is 0 Å². The molecule has 2 N–H and O–H groups in total. The number of anilines is 1. The molecule has 1 rings (SSSR count). The van der Waals surface area contributed by atoms with Crippen molar-refractivity contribution in [2.24, 2.45) is 0 Å². The molecule has 0 unspecified atom stereocenters. The van der Waals surface area contributed by atoms with E-state index in [0.29, 0.717) is 0 Å². The molecule has 1 radical (unpaired) electrons. The van der Waals surface area contributed by atoms with Gasteiger partial charge in [0, 0.05) is 12.4 Å². The molecule has 51 valence electrons. The first-order chi connectivity index (χ1) is 4.72. The van der Waals surface area contributed by atoms with Crippen molar-refractivity contribution in [1.29, 1.82) is 0 Å². The maximum absolute atomic E-state index is 10.1. The third-order valence-electron chi connectivity index (χ3n) is 0.920. The summed E-state index contributed by atoms with van der Waals surface area (Å²) in [7, 11) is 0. The Hall–Kier alpha value is -1.65. The first-order valence-electron chi connectivity index (χ1n) is 2.49. The number of aromatic nitrogens is 2. The number of carbonyl (C=O) groups excluding carboxylic acids is 1. The monoisotopic (exact) mass is 138 g/mol. The SMILES string of the molecule is Nc1nccnc1C([O])=O. The largest absolute Gasteiger partial charge is 0.408 e. The minimum absolute atomic E-state index is 0.123. The second-order valence-corrected chi connectivity index (χ2v) is 1.58. The molecule has 0 aliphatic rings. The Morgan fingerprint density at radius 1 is 1.40 bits per heavy atom. The van der Waals surface area contributed by atoms with E-state index in [1.54, 1.807) is 0 Å². The van der Waals surface area contributed by atoms with Gasteiger partial charge in [-0.15, -0.1) is 0 Å². The second kappa shape index (κ2) is 2.30. The van der Waals surface area contributed by atoms with Gasteiger partial charge in [-0.2, -0.15) is 0 Å². The van der Waals surface area contributed by atoms with Gasteiger partial charge in [-0.3, -0.25) is 0 Å². The summed E-state index contributed by atoms with van der Waals surface area (Å²) in [6.07, 6.45) is 2.54. The molecule has 0 aromatic carbocycles. The van der Waals surface area contributed by atoms with Crippen LogP contribution < -0.4 is 5.73 Å². The molecule has 5 nitrogen and oxygen atoms in total. The van der Waals surface area contributed by atoms with Crippen LogP contribution in [0.3, 0.4) is 0 Å². The average Bonchev–Trinajstić information content (AvgIpc) is 1.88. The fourth-order valence-corrected chi connectivity index (χ4v) is 0.506. The topological polar surface area (TPSA) is 88.8 Å². The highest BCUT2D eigenvalue weighted by Gasteiger charge is 2.10. The highest BCUT2D eigenvalue weighted by molar-refractivity contribution is 5.89. The number of nitrogens with zero attached hydrogens (tertiary/aromatic N) is 2. The van der Waals surface area contributed by atoms with Crippen LogP contribution in [0, 0.1) is 0 Å². The number of hydrogen-bond donors (Lipinski definition) is 1. The summed E-state index contributed by atoms with van der Waals surface area (Å²) in [5.41, 5.74) is 4.81. The highest BCUT2D eigenvalue weighted by Crippen LogP contribution is 2.01. The minimum Gasteiger partial charge on any atom is -0.382 e. The van der Waals surface area contributed by atoms with Crippen molar-refractivity contribution in [3.05, 3.63) is 18.1 Å². The smallest absolute Gasteiger partial charge is 0.382 e. The molecule has 1 aromatic heterocycles. The molecule has 0 saturated carbocycles. The van der Waals surface area contributed by atoms with Crippen molar-refractivity contribution in [2.75, 3.05) is 5.73 Å². The molecule has 0 fully saturated rings. The molecule has 0 atom stereocenters. The summed E-state index contributed by atoms with van der Waals surface area (Å²) in [6, 6.07) is 0. The highest BCUT2D eigenvalue weighted by atomic mass is 16.4. The number of nitrogens with two attached hydrogens (primary N) is 1. The zero-order valence-electron chi connectivity index (χ0n) is 4.94. The maximum Gasteiger partial charge on any atom is 0.408 e. The van der Waals surface area contributed by atoms with Crippen LogP contribution in [0.4, 0.5) is 5.82 Å². The maximum atomic E-state index is 10.1. The van der Waals surface area contributed by atoms with Crippen LogP contribution in [-0.4, -0.2) is 15.9 Å². The van der Waals surface area contributed by atoms with E-state index >= 15 is 0 Å². The van der Waals surface area contributed by atoms with Crippen molar-refractivity contribution in [3.8, 4) is 0 Å². The van der Waals surface area contributed by atoms with Gasteiger partial charge >= 0.3 is 5.97 Å². The molecule has 0 aliphatic carbocycles. The third kappa shape index (κ3) is 1.02. The van der Waals surface area contributed by atoms with E-state index in [1.165, 1.54) is 12.4 Å². The zero-order chi connectivity index (χ0) is 7.56. The fourth-order valence-electron chi connectivity index (χ4n) is 0.506. The minimum atomic E-state index is -1.41. The van der Waals surface area contributed by atoms with Crippen LogP contribution in [0.1, 0.15) is 10.5 Å². The number of rotatable bonds is 1. The Balaban J connectivity index is 3.15. The van der Waals surface area contributed by atoms with Crippen molar-refractivity contribution in [2.45, 2.75) is 0 Å². The summed E-state index contributed by atoms with van der Waals surface area (Å²) in [5, 5.41) is 10.1. The van der Waals surface area contributed by atoms with Crippen LogP contribution in [0.2, 0.25) is 0 Å². The lowest BCUT2D eigenvalue weighted by molar-refractivity contribution is 0.0567. The Labute approximate surface area is 56.5 Å². The first kappa shape index (κ1) is 6.47. The van der Waals surface area contributed by atoms with Gasteiger partial charge in [0.15, 0.2) is 11.5 Å². The van der Waals surface area contributed by atoms with E-state index in [4.69, 9.17) is 5.73 Å². The van der Waals surface area contributed by atoms with Gasteiger partial charge < -0.3 is 5.73 Å². The van der Waals surface area contributed by atoms with Crippen LogP contribution in [-0.2, 0) is 5.11 Å². The van der Waals surface area contributed by atoms with E-state index in [9.17, 15) is 9.90 Å². The Kier molecular flexibility index (Phi) is 1.49. The molecule has 1 aromatic rings. The Morgan fingerprint density at radius 3 is 2.40 bits per heavy atom. The predicted octanol–water partition coefficient (Wildman–Crippen LogP) is -0.371. The lowest BCUT2D eigenvalue weighted by atomic mass is 10.4. The van der Waals surface area contributed by atoms with Gasteiger partial charge in [-0.1, -0.05) is 0 Å². The van der Waals surface area contributed by atoms with Crippen molar-refractivity contribution in [1.82, 2.24) is 9.97 Å². The van der Waals surface area contributed by atoms with Gasteiger partial charge in [0.2, 0.25) is 0 Å². The lowest BCUT2D eigenvalue weighted by Gasteiger charge is -1.92. The molecular formula is C5H4N3O2. The van der Waals surface area contributed by atoms with Crippen LogP contribution in [0.5, 0.6) is 0 Å². The molecule has 10 heavy (non-hydrogen) atoms. The molecule has 0 amide bonds.